The first-order chi connectivity index (χ1) is 21.0. The van der Waals surface area contributed by atoms with Gasteiger partial charge in [0.05, 0.1) is 34.3 Å². The van der Waals surface area contributed by atoms with Crippen LogP contribution in [-0.2, 0) is 19.6 Å². The van der Waals surface area contributed by atoms with Crippen LogP contribution in [-0.4, -0.2) is 34.6 Å². The molecule has 4 heterocycles. The Hall–Kier alpha value is -4.72. The molecule has 1 N–H and O–H groups in total. The van der Waals surface area contributed by atoms with E-state index in [1.54, 1.807) is 12.5 Å². The second-order valence-corrected chi connectivity index (χ2v) is 12.3. The Bertz CT molecular complexity index is 1970. The molecule has 0 bridgehead atoms. The summed E-state index contributed by atoms with van der Waals surface area (Å²) in [6, 6.07) is 18.6. The molecule has 0 atom stereocenters. The predicted molar refractivity (Wildman–Crippen MR) is 168 cm³/mol. The predicted octanol–water partition coefficient (Wildman–Crippen LogP) is 6.78. The van der Waals surface area contributed by atoms with Crippen molar-refractivity contribution in [3.05, 3.63) is 96.5 Å². The lowest BCUT2D eigenvalue weighted by molar-refractivity contribution is 0.0805. The molecule has 2 fully saturated rings. The van der Waals surface area contributed by atoms with Gasteiger partial charge >= 0.3 is 0 Å². The van der Waals surface area contributed by atoms with E-state index in [2.05, 4.69) is 62.9 Å². The van der Waals surface area contributed by atoms with E-state index in [4.69, 9.17) is 9.97 Å². The van der Waals surface area contributed by atoms with Gasteiger partial charge in [0.25, 0.3) is 5.91 Å². The van der Waals surface area contributed by atoms with Crippen molar-refractivity contribution in [2.45, 2.75) is 56.4 Å². The number of fused-ring (bicyclic) bond motifs is 2. The summed E-state index contributed by atoms with van der Waals surface area (Å²) in [6.45, 7) is 0. The Labute approximate surface area is 250 Å². The number of rotatable bonds is 6. The van der Waals surface area contributed by atoms with Crippen molar-refractivity contribution in [1.82, 2.24) is 34.0 Å². The van der Waals surface area contributed by atoms with Crippen molar-refractivity contribution in [3.8, 4) is 17.1 Å². The summed E-state index contributed by atoms with van der Waals surface area (Å²) >= 11 is 0. The standard InChI is InChI=1S/C35H35N7O/c1-40-29-20-24(11-13-26(29)31(23-8-3-4-9-23)32(40)28-10-5-6-17-37-28)33(43)39-35(15-7-16-35)34-38-27-14-12-25(21-30(27)41(34)2)42-19-18-36-22-42/h5-6,10-14,17-23H,3-4,7-9,15-16H2,1-2H3,(H,39,43). The number of imidazole rings is 2. The SMILES string of the molecule is Cn1c(C2(NC(=O)c3ccc4c(C5CCCC5)c(-c5ccccn5)n(C)c4c3)CCC2)nc2ccc(-n3ccnc3)cc21. The van der Waals surface area contributed by atoms with E-state index in [-0.39, 0.29) is 5.91 Å². The van der Waals surface area contributed by atoms with Gasteiger partial charge in [-0.25, -0.2) is 9.97 Å². The molecule has 2 saturated carbocycles. The van der Waals surface area contributed by atoms with Gasteiger partial charge in [-0.1, -0.05) is 25.0 Å². The lowest BCUT2D eigenvalue weighted by Gasteiger charge is -2.41. The molecule has 4 aromatic heterocycles. The molecule has 43 heavy (non-hydrogen) atoms. The maximum Gasteiger partial charge on any atom is 0.252 e. The smallest absolute Gasteiger partial charge is 0.252 e. The van der Waals surface area contributed by atoms with Gasteiger partial charge in [-0.15, -0.1) is 0 Å². The number of hydrogen-bond acceptors (Lipinski definition) is 4. The highest BCUT2D eigenvalue weighted by molar-refractivity contribution is 6.01. The van der Waals surface area contributed by atoms with Gasteiger partial charge < -0.3 is 19.0 Å². The highest BCUT2D eigenvalue weighted by atomic mass is 16.1. The van der Waals surface area contributed by atoms with E-state index in [1.165, 1.54) is 42.3 Å². The molecule has 2 aliphatic carbocycles. The van der Waals surface area contributed by atoms with E-state index in [0.29, 0.717) is 11.5 Å². The molecule has 1 amide bonds. The Morgan fingerprint density at radius 2 is 1.79 bits per heavy atom. The number of pyridine rings is 1. The Balaban J connectivity index is 1.16. The minimum Gasteiger partial charge on any atom is -0.342 e. The normalized spacial score (nSPS) is 16.6. The first kappa shape index (κ1) is 25.9. The molecule has 6 aromatic rings. The number of nitrogens with one attached hydrogen (secondary N) is 1. The minimum absolute atomic E-state index is 0.0595. The number of carbonyl (C=O) groups is 1. The molecule has 8 rings (SSSR count). The molecule has 8 heteroatoms. The first-order valence-corrected chi connectivity index (χ1v) is 15.3. The van der Waals surface area contributed by atoms with E-state index in [9.17, 15) is 4.79 Å². The van der Waals surface area contributed by atoms with Crippen LogP contribution in [0.5, 0.6) is 0 Å². The van der Waals surface area contributed by atoms with Crippen LogP contribution in [0.25, 0.3) is 39.0 Å². The average Bonchev–Trinajstić information content (AvgIpc) is 3.83. The van der Waals surface area contributed by atoms with Crippen LogP contribution in [0, 0.1) is 0 Å². The van der Waals surface area contributed by atoms with E-state index < -0.39 is 5.54 Å². The van der Waals surface area contributed by atoms with Crippen molar-refractivity contribution in [2.24, 2.45) is 14.1 Å². The van der Waals surface area contributed by atoms with Crippen molar-refractivity contribution in [2.75, 3.05) is 0 Å². The molecule has 216 valence electrons. The van der Waals surface area contributed by atoms with Crippen LogP contribution in [0.15, 0.2) is 79.5 Å². The number of nitrogens with zero attached hydrogens (tertiary/aromatic N) is 6. The number of hydrogen-bond donors (Lipinski definition) is 1. The van der Waals surface area contributed by atoms with Crippen LogP contribution in [0.3, 0.4) is 0 Å². The summed E-state index contributed by atoms with van der Waals surface area (Å²) in [5, 5.41) is 4.67. The van der Waals surface area contributed by atoms with Crippen LogP contribution in [0.4, 0.5) is 0 Å². The fourth-order valence-corrected chi connectivity index (χ4v) is 7.45. The fraction of sp³-hybridized carbons (Fsp3) is 0.314. The first-order valence-electron chi connectivity index (χ1n) is 15.3. The molecule has 0 unspecified atom stereocenters. The van der Waals surface area contributed by atoms with Gasteiger partial charge in [-0.3, -0.25) is 9.78 Å². The van der Waals surface area contributed by atoms with Crippen LogP contribution < -0.4 is 5.32 Å². The summed E-state index contributed by atoms with van der Waals surface area (Å²) < 4.78 is 6.37. The second kappa shape index (κ2) is 9.93. The lowest BCUT2D eigenvalue weighted by Crippen LogP contribution is -2.52. The van der Waals surface area contributed by atoms with Crippen LogP contribution in [0.2, 0.25) is 0 Å². The van der Waals surface area contributed by atoms with Gasteiger partial charge in [0.15, 0.2) is 0 Å². The number of amides is 1. The summed E-state index contributed by atoms with van der Waals surface area (Å²) in [6.07, 6.45) is 15.1. The van der Waals surface area contributed by atoms with Gasteiger partial charge in [0.2, 0.25) is 0 Å². The van der Waals surface area contributed by atoms with E-state index >= 15 is 0 Å². The molecular formula is C35H35N7O. The quantitative estimate of drug-likeness (QED) is 0.240. The van der Waals surface area contributed by atoms with Gasteiger partial charge in [-0.2, -0.15) is 0 Å². The second-order valence-electron chi connectivity index (χ2n) is 12.3. The highest BCUT2D eigenvalue weighted by Crippen LogP contribution is 2.45. The maximum absolute atomic E-state index is 14.0. The molecule has 8 nitrogen and oxygen atoms in total. The molecular weight excluding hydrogens is 534 g/mol. The molecule has 0 aliphatic heterocycles. The third-order valence-corrected chi connectivity index (χ3v) is 9.83. The summed E-state index contributed by atoms with van der Waals surface area (Å²) in [4.78, 5) is 27.9. The monoisotopic (exact) mass is 569 g/mol. The topological polar surface area (TPSA) is 82.6 Å². The lowest BCUT2D eigenvalue weighted by atomic mass is 9.75. The van der Waals surface area contributed by atoms with Gasteiger partial charge in [0, 0.05) is 54.8 Å². The van der Waals surface area contributed by atoms with Crippen molar-refractivity contribution in [1.29, 1.82) is 0 Å². The minimum atomic E-state index is -0.489. The molecule has 0 radical (unpaired) electrons. The largest absolute Gasteiger partial charge is 0.342 e. The van der Waals surface area contributed by atoms with E-state index in [0.717, 1.165) is 53.0 Å². The summed E-state index contributed by atoms with van der Waals surface area (Å²) in [7, 11) is 4.16. The van der Waals surface area contributed by atoms with Crippen LogP contribution in [0.1, 0.15) is 72.6 Å². The third kappa shape index (κ3) is 4.11. The highest BCUT2D eigenvalue weighted by Gasteiger charge is 2.44. The summed E-state index contributed by atoms with van der Waals surface area (Å²) in [5.41, 5.74) is 7.79. The molecule has 0 spiro atoms. The number of benzene rings is 2. The Morgan fingerprint density at radius 1 is 0.930 bits per heavy atom. The number of aryl methyl sites for hydroxylation is 2. The third-order valence-electron chi connectivity index (χ3n) is 9.83. The zero-order chi connectivity index (χ0) is 29.1. The zero-order valence-electron chi connectivity index (χ0n) is 24.6. The van der Waals surface area contributed by atoms with E-state index in [1.807, 2.05) is 42.2 Å². The molecule has 2 aliphatic rings. The van der Waals surface area contributed by atoms with Crippen LogP contribution >= 0.6 is 0 Å². The Morgan fingerprint density at radius 3 is 2.51 bits per heavy atom. The maximum atomic E-state index is 14.0. The van der Waals surface area contributed by atoms with Crippen molar-refractivity contribution < 1.29 is 4.79 Å². The zero-order valence-corrected chi connectivity index (χ0v) is 24.6. The Kier molecular flexibility index (Phi) is 6.00. The van der Waals surface area contributed by atoms with Gasteiger partial charge in [-0.05, 0) is 86.1 Å². The number of carbonyl (C=O) groups excluding carboxylic acids is 1. The van der Waals surface area contributed by atoms with Gasteiger partial charge in [0.1, 0.15) is 5.82 Å². The summed E-state index contributed by atoms with van der Waals surface area (Å²) in [5.74, 6) is 1.37. The molecule has 2 aromatic carbocycles. The van der Waals surface area contributed by atoms with Crippen molar-refractivity contribution in [3.63, 3.8) is 0 Å². The number of aromatic nitrogens is 6. The molecule has 0 saturated heterocycles. The van der Waals surface area contributed by atoms with Crippen molar-refractivity contribution >= 4 is 27.8 Å². The average molecular weight is 570 g/mol. The fourth-order valence-electron chi connectivity index (χ4n) is 7.45.